The number of hydrogen-bond donors (Lipinski definition) is 1. The summed E-state index contributed by atoms with van der Waals surface area (Å²) < 4.78 is 1.18. The molecule has 7 heteroatoms. The van der Waals surface area contributed by atoms with Crippen LogP contribution in [0.3, 0.4) is 0 Å². The van der Waals surface area contributed by atoms with E-state index in [0.717, 1.165) is 38.0 Å². The number of carbonyl (C=O) groups is 1. The highest BCUT2D eigenvalue weighted by atomic mass is 32.1. The molecule has 0 unspecified atom stereocenters. The van der Waals surface area contributed by atoms with E-state index in [1.165, 1.54) is 21.6 Å². The van der Waals surface area contributed by atoms with Gasteiger partial charge in [0.2, 0.25) is 5.91 Å². The van der Waals surface area contributed by atoms with E-state index in [2.05, 4.69) is 40.4 Å². The van der Waals surface area contributed by atoms with Crippen molar-refractivity contribution in [3.8, 4) is 21.1 Å². The van der Waals surface area contributed by atoms with Gasteiger partial charge in [-0.3, -0.25) is 9.78 Å². The van der Waals surface area contributed by atoms with Crippen molar-refractivity contribution in [3.05, 3.63) is 83.6 Å². The molecule has 0 bridgehead atoms. The predicted octanol–water partition coefficient (Wildman–Crippen LogP) is 5.97. The molecule has 0 saturated carbocycles. The Labute approximate surface area is 187 Å². The molecular formula is C24H18N4OS2. The van der Waals surface area contributed by atoms with Crippen molar-refractivity contribution < 1.29 is 4.79 Å². The molecule has 0 radical (unpaired) electrons. The van der Waals surface area contributed by atoms with E-state index in [1.807, 2.05) is 41.8 Å². The van der Waals surface area contributed by atoms with Crippen LogP contribution < -0.4 is 5.32 Å². The predicted molar refractivity (Wildman–Crippen MR) is 127 cm³/mol. The number of aryl methyl sites for hydroxylation is 1. The lowest BCUT2D eigenvalue weighted by atomic mass is 10.2. The molecule has 0 aliphatic heterocycles. The van der Waals surface area contributed by atoms with Crippen LogP contribution in [0.4, 0.5) is 5.69 Å². The van der Waals surface area contributed by atoms with Crippen LogP contribution in [0, 0.1) is 6.92 Å². The second-order valence-electron chi connectivity index (χ2n) is 7.18. The maximum Gasteiger partial charge on any atom is 0.230 e. The van der Waals surface area contributed by atoms with Crippen molar-refractivity contribution in [2.24, 2.45) is 0 Å². The number of hydrogen-bond acceptors (Lipinski definition) is 6. The van der Waals surface area contributed by atoms with Gasteiger partial charge in [-0.2, -0.15) is 0 Å². The number of rotatable bonds is 5. The first-order valence-corrected chi connectivity index (χ1v) is 11.5. The molecule has 5 aromatic rings. The number of anilines is 1. The number of fused-ring (bicyclic) bond motifs is 1. The summed E-state index contributed by atoms with van der Waals surface area (Å²) in [5.74, 6) is -0.0914. The summed E-state index contributed by atoms with van der Waals surface area (Å²) in [4.78, 5) is 25.8. The molecule has 2 aromatic carbocycles. The van der Waals surface area contributed by atoms with Crippen molar-refractivity contribution in [1.29, 1.82) is 0 Å². The van der Waals surface area contributed by atoms with Gasteiger partial charge in [-0.05, 0) is 61.0 Å². The van der Waals surface area contributed by atoms with Gasteiger partial charge >= 0.3 is 0 Å². The first-order chi connectivity index (χ1) is 15.1. The highest BCUT2D eigenvalue weighted by Gasteiger charge is 2.11. The zero-order valence-electron chi connectivity index (χ0n) is 16.7. The number of carbonyl (C=O) groups excluding carboxylic acids is 1. The zero-order chi connectivity index (χ0) is 21.2. The Hall–Kier alpha value is -3.42. The third-order valence-corrected chi connectivity index (χ3v) is 6.77. The van der Waals surface area contributed by atoms with Crippen LogP contribution in [0.1, 0.15) is 11.3 Å². The summed E-state index contributed by atoms with van der Waals surface area (Å²) in [7, 11) is 0. The maximum atomic E-state index is 12.5. The van der Waals surface area contributed by atoms with Gasteiger partial charge in [-0.1, -0.05) is 6.07 Å². The van der Waals surface area contributed by atoms with Gasteiger partial charge in [0.15, 0.2) is 0 Å². The van der Waals surface area contributed by atoms with Crippen molar-refractivity contribution in [2.45, 2.75) is 13.3 Å². The Morgan fingerprint density at radius 1 is 1.00 bits per heavy atom. The van der Waals surface area contributed by atoms with E-state index in [4.69, 9.17) is 4.98 Å². The first-order valence-electron chi connectivity index (χ1n) is 9.76. The van der Waals surface area contributed by atoms with Gasteiger partial charge in [-0.15, -0.1) is 22.7 Å². The number of nitrogens with zero attached hydrogens (tertiary/aromatic N) is 3. The average molecular weight is 443 g/mol. The minimum atomic E-state index is -0.0914. The number of amides is 1. The minimum absolute atomic E-state index is 0.0914. The van der Waals surface area contributed by atoms with E-state index in [0.29, 0.717) is 0 Å². The van der Waals surface area contributed by atoms with Crippen LogP contribution in [-0.4, -0.2) is 20.9 Å². The minimum Gasteiger partial charge on any atom is -0.326 e. The fourth-order valence-electron chi connectivity index (χ4n) is 3.23. The maximum absolute atomic E-state index is 12.5. The van der Waals surface area contributed by atoms with Crippen LogP contribution in [0.5, 0.6) is 0 Å². The molecule has 0 atom stereocenters. The lowest BCUT2D eigenvalue weighted by Crippen LogP contribution is -2.14. The Balaban J connectivity index is 1.25. The normalized spacial score (nSPS) is 11.0. The monoisotopic (exact) mass is 442 g/mol. The summed E-state index contributed by atoms with van der Waals surface area (Å²) >= 11 is 3.19. The van der Waals surface area contributed by atoms with Crippen molar-refractivity contribution >= 4 is 44.5 Å². The van der Waals surface area contributed by atoms with Crippen molar-refractivity contribution in [1.82, 2.24) is 15.0 Å². The van der Waals surface area contributed by atoms with Crippen LogP contribution in [0.2, 0.25) is 0 Å². The Kier molecular flexibility index (Phi) is 5.28. The molecule has 5 rings (SSSR count). The number of benzene rings is 2. The largest absolute Gasteiger partial charge is 0.326 e. The third kappa shape index (κ3) is 4.38. The Bertz CT molecular complexity index is 1360. The average Bonchev–Trinajstić information content (AvgIpc) is 3.41. The summed E-state index contributed by atoms with van der Waals surface area (Å²) in [6.07, 6.45) is 3.74. The summed E-state index contributed by atoms with van der Waals surface area (Å²) in [6, 6.07) is 17.9. The fourth-order valence-corrected chi connectivity index (χ4v) is 5.11. The summed E-state index contributed by atoms with van der Waals surface area (Å²) in [5.41, 5.74) is 5.75. The lowest BCUT2D eigenvalue weighted by molar-refractivity contribution is -0.115. The first kappa shape index (κ1) is 19.5. The Morgan fingerprint density at radius 3 is 2.68 bits per heavy atom. The zero-order valence-corrected chi connectivity index (χ0v) is 18.3. The molecule has 0 fully saturated rings. The van der Waals surface area contributed by atoms with Crippen LogP contribution in [-0.2, 0) is 11.2 Å². The number of aromatic nitrogens is 3. The van der Waals surface area contributed by atoms with Gasteiger partial charge in [0, 0.05) is 34.6 Å². The van der Waals surface area contributed by atoms with Gasteiger partial charge in [0.1, 0.15) is 10.0 Å². The molecule has 0 aliphatic carbocycles. The number of pyridine rings is 1. The second kappa shape index (κ2) is 8.37. The van der Waals surface area contributed by atoms with Crippen LogP contribution in [0.15, 0.2) is 72.4 Å². The van der Waals surface area contributed by atoms with Gasteiger partial charge < -0.3 is 5.32 Å². The molecule has 152 valence electrons. The molecule has 31 heavy (non-hydrogen) atoms. The fraction of sp³-hybridized carbons (Fsp3) is 0.0833. The quantitative estimate of drug-likeness (QED) is 0.364. The van der Waals surface area contributed by atoms with E-state index < -0.39 is 0 Å². The van der Waals surface area contributed by atoms with Gasteiger partial charge in [0.25, 0.3) is 0 Å². The third-order valence-electron chi connectivity index (χ3n) is 4.76. The summed E-state index contributed by atoms with van der Waals surface area (Å²) in [6.45, 7) is 2.08. The molecule has 1 amide bonds. The van der Waals surface area contributed by atoms with Gasteiger partial charge in [-0.25, -0.2) is 9.97 Å². The highest BCUT2D eigenvalue weighted by Crippen LogP contribution is 2.31. The molecule has 3 heterocycles. The van der Waals surface area contributed by atoms with Crippen LogP contribution in [0.25, 0.3) is 31.4 Å². The number of thiazole rings is 2. The lowest BCUT2D eigenvalue weighted by Gasteiger charge is -2.05. The molecule has 1 N–H and O–H groups in total. The van der Waals surface area contributed by atoms with E-state index in [-0.39, 0.29) is 12.3 Å². The molecule has 0 saturated heterocycles. The van der Waals surface area contributed by atoms with E-state index in [1.54, 1.807) is 23.7 Å². The van der Waals surface area contributed by atoms with Crippen molar-refractivity contribution in [3.63, 3.8) is 0 Å². The summed E-state index contributed by atoms with van der Waals surface area (Å²) in [5, 5.41) is 6.71. The molecule has 5 nitrogen and oxygen atoms in total. The molecular weight excluding hydrogens is 424 g/mol. The molecule has 3 aromatic heterocycles. The van der Waals surface area contributed by atoms with Crippen LogP contribution >= 0.6 is 22.7 Å². The topological polar surface area (TPSA) is 67.8 Å². The van der Waals surface area contributed by atoms with E-state index in [9.17, 15) is 4.79 Å². The van der Waals surface area contributed by atoms with Crippen molar-refractivity contribution in [2.75, 3.05) is 5.32 Å². The number of nitrogens with one attached hydrogen (secondary N) is 1. The molecule has 0 aliphatic rings. The van der Waals surface area contributed by atoms with E-state index >= 15 is 0 Å². The second-order valence-corrected chi connectivity index (χ2v) is 9.07. The Morgan fingerprint density at radius 2 is 1.87 bits per heavy atom. The smallest absolute Gasteiger partial charge is 0.230 e. The standard InChI is InChI=1S/C24H18N4OS2/c1-15-4-9-20-21(11-15)31-24(28-20)16-5-7-18(8-6-16)26-22(29)12-19-14-30-23(27-19)17-3-2-10-25-13-17/h2-11,13-14H,12H2,1H3,(H,26,29). The highest BCUT2D eigenvalue weighted by molar-refractivity contribution is 7.21. The van der Waals surface area contributed by atoms with Gasteiger partial charge in [0.05, 0.1) is 22.3 Å². The molecule has 0 spiro atoms. The SMILES string of the molecule is Cc1ccc2nc(-c3ccc(NC(=O)Cc4csc(-c5cccnc5)n4)cc3)sc2c1.